The number of aromatic nitrogens is 1. The molecule has 1 fully saturated rings. The van der Waals surface area contributed by atoms with E-state index in [4.69, 9.17) is 4.74 Å². The minimum absolute atomic E-state index is 0.430. The minimum Gasteiger partial charge on any atom is -0.378 e. The van der Waals surface area contributed by atoms with Crippen molar-refractivity contribution in [2.45, 2.75) is 58.1 Å². The number of hydrogen-bond acceptors (Lipinski definition) is 3. The molecule has 0 saturated carbocycles. The van der Waals surface area contributed by atoms with Gasteiger partial charge in [0.25, 0.3) is 0 Å². The first-order valence-electron chi connectivity index (χ1n) is 7.57. The van der Waals surface area contributed by atoms with Gasteiger partial charge < -0.3 is 10.1 Å². The molecule has 2 atom stereocenters. The van der Waals surface area contributed by atoms with Crippen LogP contribution in [0.5, 0.6) is 0 Å². The zero-order chi connectivity index (χ0) is 13.5. The number of rotatable bonds is 7. The molecule has 0 bridgehead atoms. The summed E-state index contributed by atoms with van der Waals surface area (Å²) in [5.74, 6) is 0. The van der Waals surface area contributed by atoms with Gasteiger partial charge in [0.1, 0.15) is 0 Å². The van der Waals surface area contributed by atoms with E-state index in [-0.39, 0.29) is 0 Å². The SMILES string of the molecule is CCNC(CCCC1CCCO1)c1ccc(C)nc1. The Balaban J connectivity index is 1.82. The summed E-state index contributed by atoms with van der Waals surface area (Å²) in [6, 6.07) is 4.72. The van der Waals surface area contributed by atoms with Crippen LogP contribution in [0.1, 0.15) is 56.3 Å². The molecule has 1 N–H and O–H groups in total. The van der Waals surface area contributed by atoms with Crippen molar-refractivity contribution in [3.05, 3.63) is 29.6 Å². The van der Waals surface area contributed by atoms with Crippen LogP contribution < -0.4 is 5.32 Å². The first-order valence-corrected chi connectivity index (χ1v) is 7.57. The number of aryl methyl sites for hydroxylation is 1. The first-order chi connectivity index (χ1) is 9.29. The molecule has 0 aromatic carbocycles. The molecule has 2 rings (SSSR count). The third-order valence-electron chi connectivity index (χ3n) is 3.83. The highest BCUT2D eigenvalue weighted by Gasteiger charge is 2.16. The predicted molar refractivity (Wildman–Crippen MR) is 78.2 cm³/mol. The van der Waals surface area contributed by atoms with Gasteiger partial charge >= 0.3 is 0 Å². The predicted octanol–water partition coefficient (Wildman–Crippen LogP) is 3.39. The maximum Gasteiger partial charge on any atom is 0.0576 e. The Labute approximate surface area is 116 Å². The lowest BCUT2D eigenvalue weighted by molar-refractivity contribution is 0.101. The Kier molecular flexibility index (Phi) is 5.80. The molecular weight excluding hydrogens is 236 g/mol. The van der Waals surface area contributed by atoms with E-state index in [1.807, 2.05) is 13.1 Å². The molecule has 19 heavy (non-hydrogen) atoms. The zero-order valence-electron chi connectivity index (χ0n) is 12.2. The normalized spacial score (nSPS) is 20.6. The average molecular weight is 262 g/mol. The largest absolute Gasteiger partial charge is 0.378 e. The molecule has 106 valence electrons. The summed E-state index contributed by atoms with van der Waals surface area (Å²) >= 11 is 0. The quantitative estimate of drug-likeness (QED) is 0.818. The highest BCUT2D eigenvalue weighted by atomic mass is 16.5. The smallest absolute Gasteiger partial charge is 0.0576 e. The van der Waals surface area contributed by atoms with Gasteiger partial charge in [-0.3, -0.25) is 4.98 Å². The summed E-state index contributed by atoms with van der Waals surface area (Å²) in [5.41, 5.74) is 2.39. The van der Waals surface area contributed by atoms with Crippen molar-refractivity contribution in [1.82, 2.24) is 10.3 Å². The van der Waals surface area contributed by atoms with E-state index in [1.54, 1.807) is 0 Å². The Hall–Kier alpha value is -0.930. The molecule has 0 amide bonds. The molecule has 0 radical (unpaired) electrons. The van der Waals surface area contributed by atoms with Gasteiger partial charge in [0, 0.05) is 24.5 Å². The van der Waals surface area contributed by atoms with Crippen LogP contribution in [-0.2, 0) is 4.74 Å². The molecule has 1 aromatic heterocycles. The topological polar surface area (TPSA) is 34.1 Å². The molecule has 2 heterocycles. The zero-order valence-corrected chi connectivity index (χ0v) is 12.2. The third-order valence-corrected chi connectivity index (χ3v) is 3.83. The third kappa shape index (κ3) is 4.59. The Bertz CT molecular complexity index is 358. The fourth-order valence-corrected chi connectivity index (χ4v) is 2.74. The molecule has 0 spiro atoms. The standard InChI is InChI=1S/C16H26N2O/c1-3-17-16(14-10-9-13(2)18-12-14)8-4-6-15-7-5-11-19-15/h9-10,12,15-17H,3-8,11H2,1-2H3. The molecule has 3 heteroatoms. The summed E-state index contributed by atoms with van der Waals surface area (Å²) in [6.45, 7) is 6.15. The highest BCUT2D eigenvalue weighted by molar-refractivity contribution is 5.17. The van der Waals surface area contributed by atoms with Crippen LogP contribution in [-0.4, -0.2) is 24.2 Å². The molecule has 3 nitrogen and oxygen atoms in total. The van der Waals surface area contributed by atoms with Crippen molar-refractivity contribution in [3.63, 3.8) is 0 Å². The number of nitrogens with one attached hydrogen (secondary N) is 1. The molecule has 2 unspecified atom stereocenters. The summed E-state index contributed by atoms with van der Waals surface area (Å²) < 4.78 is 5.68. The lowest BCUT2D eigenvalue weighted by atomic mass is 10.00. The summed E-state index contributed by atoms with van der Waals surface area (Å²) in [4.78, 5) is 4.40. The fourth-order valence-electron chi connectivity index (χ4n) is 2.74. The van der Waals surface area contributed by atoms with Gasteiger partial charge in [-0.25, -0.2) is 0 Å². The monoisotopic (exact) mass is 262 g/mol. The van der Waals surface area contributed by atoms with Crippen LogP contribution in [0.15, 0.2) is 18.3 Å². The minimum atomic E-state index is 0.430. The average Bonchev–Trinajstić information content (AvgIpc) is 2.92. The Morgan fingerprint density at radius 2 is 2.37 bits per heavy atom. The van der Waals surface area contributed by atoms with Gasteiger partial charge in [-0.2, -0.15) is 0 Å². The molecule has 0 aliphatic carbocycles. The van der Waals surface area contributed by atoms with Crippen molar-refractivity contribution in [1.29, 1.82) is 0 Å². The van der Waals surface area contributed by atoms with Crippen LogP contribution in [0.4, 0.5) is 0 Å². The van der Waals surface area contributed by atoms with Crippen LogP contribution >= 0.6 is 0 Å². The maximum absolute atomic E-state index is 5.68. The summed E-state index contributed by atoms with van der Waals surface area (Å²) in [6.07, 6.45) is 8.59. The second-order valence-corrected chi connectivity index (χ2v) is 5.41. The van der Waals surface area contributed by atoms with E-state index in [0.29, 0.717) is 12.1 Å². The summed E-state index contributed by atoms with van der Waals surface area (Å²) in [7, 11) is 0. The molecule has 1 saturated heterocycles. The van der Waals surface area contributed by atoms with E-state index in [2.05, 4.69) is 29.4 Å². The van der Waals surface area contributed by atoms with Crippen molar-refractivity contribution in [3.8, 4) is 0 Å². The summed E-state index contributed by atoms with van der Waals surface area (Å²) in [5, 5.41) is 3.56. The molecule has 1 aromatic rings. The molecule has 1 aliphatic rings. The van der Waals surface area contributed by atoms with E-state index < -0.39 is 0 Å². The van der Waals surface area contributed by atoms with E-state index in [9.17, 15) is 0 Å². The van der Waals surface area contributed by atoms with Crippen LogP contribution in [0, 0.1) is 6.92 Å². The second kappa shape index (κ2) is 7.61. The van der Waals surface area contributed by atoms with Crippen LogP contribution in [0.25, 0.3) is 0 Å². The Morgan fingerprint density at radius 3 is 3.00 bits per heavy atom. The number of nitrogens with zero attached hydrogens (tertiary/aromatic N) is 1. The van der Waals surface area contributed by atoms with Crippen molar-refractivity contribution >= 4 is 0 Å². The number of pyridine rings is 1. The van der Waals surface area contributed by atoms with Gasteiger partial charge in [0.15, 0.2) is 0 Å². The first kappa shape index (κ1) is 14.5. The van der Waals surface area contributed by atoms with Gasteiger partial charge in [-0.05, 0) is 57.2 Å². The molecule has 1 aliphatic heterocycles. The van der Waals surface area contributed by atoms with Crippen LogP contribution in [0.3, 0.4) is 0 Å². The van der Waals surface area contributed by atoms with E-state index in [1.165, 1.54) is 37.7 Å². The van der Waals surface area contributed by atoms with E-state index >= 15 is 0 Å². The van der Waals surface area contributed by atoms with Gasteiger partial charge in [-0.1, -0.05) is 13.0 Å². The fraction of sp³-hybridized carbons (Fsp3) is 0.688. The lowest BCUT2D eigenvalue weighted by Crippen LogP contribution is -2.21. The lowest BCUT2D eigenvalue weighted by Gasteiger charge is -2.19. The Morgan fingerprint density at radius 1 is 1.47 bits per heavy atom. The van der Waals surface area contributed by atoms with Gasteiger partial charge in [0.05, 0.1) is 6.10 Å². The number of hydrogen-bond donors (Lipinski definition) is 1. The van der Waals surface area contributed by atoms with Crippen molar-refractivity contribution in [2.75, 3.05) is 13.2 Å². The highest BCUT2D eigenvalue weighted by Crippen LogP contribution is 2.23. The molecular formula is C16H26N2O. The van der Waals surface area contributed by atoms with Crippen molar-refractivity contribution < 1.29 is 4.74 Å². The van der Waals surface area contributed by atoms with Gasteiger partial charge in [0.2, 0.25) is 0 Å². The number of ether oxygens (including phenoxy) is 1. The second-order valence-electron chi connectivity index (χ2n) is 5.41. The maximum atomic E-state index is 5.68. The van der Waals surface area contributed by atoms with Crippen molar-refractivity contribution in [2.24, 2.45) is 0 Å². The van der Waals surface area contributed by atoms with E-state index in [0.717, 1.165) is 18.8 Å². The van der Waals surface area contributed by atoms with Crippen LogP contribution in [0.2, 0.25) is 0 Å². The van der Waals surface area contributed by atoms with Gasteiger partial charge in [-0.15, -0.1) is 0 Å².